The van der Waals surface area contributed by atoms with Crippen LogP contribution < -0.4 is 0 Å². The number of aliphatic carboxylic acids is 1. The van der Waals surface area contributed by atoms with Crippen molar-refractivity contribution in [1.82, 2.24) is 0 Å². The van der Waals surface area contributed by atoms with Gasteiger partial charge in [-0.3, -0.25) is 4.79 Å². The highest BCUT2D eigenvalue weighted by Gasteiger charge is 2.43. The van der Waals surface area contributed by atoms with Crippen molar-refractivity contribution in [3.8, 4) is 6.07 Å². The third-order valence-corrected chi connectivity index (χ3v) is 8.55. The predicted molar refractivity (Wildman–Crippen MR) is 126 cm³/mol. The number of aliphatic hydroxyl groups excluding tert-OH is 2. The molecule has 2 fully saturated rings. The molecule has 1 aromatic rings. The van der Waals surface area contributed by atoms with Gasteiger partial charge in [-0.2, -0.15) is 5.26 Å². The molecule has 0 spiro atoms. The first-order chi connectivity index (χ1) is 15.4. The molecule has 2 aliphatic carbocycles. The van der Waals surface area contributed by atoms with Crippen LogP contribution in [-0.2, 0) is 11.2 Å². The van der Waals surface area contributed by atoms with Crippen molar-refractivity contribution >= 4 is 17.3 Å². The van der Waals surface area contributed by atoms with E-state index in [4.69, 9.17) is 5.11 Å². The van der Waals surface area contributed by atoms with Gasteiger partial charge in [-0.05, 0) is 62.3 Å². The summed E-state index contributed by atoms with van der Waals surface area (Å²) in [5, 5.41) is 42.0. The molecule has 5 atom stereocenters. The lowest BCUT2D eigenvalue weighted by molar-refractivity contribution is -0.137. The van der Waals surface area contributed by atoms with E-state index in [1.807, 2.05) is 6.08 Å². The minimum absolute atomic E-state index is 0.0198. The molecule has 6 heteroatoms. The summed E-state index contributed by atoms with van der Waals surface area (Å²) in [5.41, 5.74) is -0.0198. The molecule has 1 unspecified atom stereocenters. The first kappa shape index (κ1) is 25.0. The maximum absolute atomic E-state index is 11.0. The highest BCUT2D eigenvalue weighted by molar-refractivity contribution is 7.09. The minimum atomic E-state index is -0.750. The van der Waals surface area contributed by atoms with Crippen molar-refractivity contribution in [3.63, 3.8) is 0 Å². The Bertz CT molecular complexity index is 780. The third-order valence-electron chi connectivity index (χ3n) is 7.68. The Morgan fingerprint density at radius 2 is 2.09 bits per heavy atom. The van der Waals surface area contributed by atoms with Crippen LogP contribution in [0.15, 0.2) is 29.7 Å². The summed E-state index contributed by atoms with van der Waals surface area (Å²) in [4.78, 5) is 12.0. The zero-order chi connectivity index (χ0) is 23.0. The number of hydrogen-bond acceptors (Lipinski definition) is 5. The Morgan fingerprint density at radius 3 is 2.72 bits per heavy atom. The molecule has 0 aromatic carbocycles. The molecule has 0 saturated heterocycles. The van der Waals surface area contributed by atoms with Crippen molar-refractivity contribution in [3.05, 3.63) is 34.5 Å². The average molecular weight is 460 g/mol. The average Bonchev–Trinajstić information content (AvgIpc) is 3.35. The molecule has 1 aromatic heterocycles. The van der Waals surface area contributed by atoms with Crippen molar-refractivity contribution < 1.29 is 20.1 Å². The van der Waals surface area contributed by atoms with E-state index < -0.39 is 12.1 Å². The van der Waals surface area contributed by atoms with Gasteiger partial charge in [-0.25, -0.2) is 0 Å². The minimum Gasteiger partial charge on any atom is -0.481 e. The number of rotatable bonds is 13. The molecule has 0 aliphatic heterocycles. The van der Waals surface area contributed by atoms with Crippen LogP contribution >= 0.6 is 11.3 Å². The molecular weight excluding hydrogens is 422 g/mol. The fraction of sp³-hybridized carbons (Fsp3) is 0.692. The fourth-order valence-corrected chi connectivity index (χ4v) is 6.46. The zero-order valence-electron chi connectivity index (χ0n) is 18.9. The summed E-state index contributed by atoms with van der Waals surface area (Å²) in [5.74, 6) is -0.799. The maximum Gasteiger partial charge on any atom is 0.303 e. The number of carboxylic acid groups (broad SMARTS) is 1. The van der Waals surface area contributed by atoms with Gasteiger partial charge in [0.25, 0.3) is 0 Å². The summed E-state index contributed by atoms with van der Waals surface area (Å²) in [6.45, 7) is 0. The zero-order valence-corrected chi connectivity index (χ0v) is 19.7. The summed E-state index contributed by atoms with van der Waals surface area (Å²) in [6.07, 6.45) is 13.1. The number of carboxylic acids is 1. The molecule has 3 rings (SSSR count). The van der Waals surface area contributed by atoms with E-state index >= 15 is 0 Å². The van der Waals surface area contributed by atoms with E-state index in [1.165, 1.54) is 11.3 Å². The van der Waals surface area contributed by atoms with E-state index in [0.717, 1.165) is 44.9 Å². The van der Waals surface area contributed by atoms with E-state index in [1.54, 1.807) is 11.3 Å². The monoisotopic (exact) mass is 459 g/mol. The van der Waals surface area contributed by atoms with Gasteiger partial charge in [-0.1, -0.05) is 43.9 Å². The lowest BCUT2D eigenvalue weighted by atomic mass is 9.62. The van der Waals surface area contributed by atoms with Crippen molar-refractivity contribution in [1.29, 1.82) is 5.26 Å². The van der Waals surface area contributed by atoms with Crippen LogP contribution in [-0.4, -0.2) is 33.5 Å². The van der Waals surface area contributed by atoms with Crippen LogP contribution in [0.5, 0.6) is 0 Å². The Balaban J connectivity index is 1.51. The molecule has 2 aliphatic rings. The second-order valence-electron chi connectivity index (χ2n) is 9.78. The van der Waals surface area contributed by atoms with Gasteiger partial charge in [0, 0.05) is 22.6 Å². The number of aliphatic hydroxyl groups is 2. The second kappa shape index (κ2) is 12.0. The van der Waals surface area contributed by atoms with E-state index in [2.05, 4.69) is 29.7 Å². The highest BCUT2D eigenvalue weighted by atomic mass is 32.1. The van der Waals surface area contributed by atoms with Crippen molar-refractivity contribution in [2.75, 3.05) is 0 Å². The van der Waals surface area contributed by atoms with Crippen molar-refractivity contribution in [2.24, 2.45) is 23.2 Å². The normalized spacial score (nSPS) is 27.8. The lowest BCUT2D eigenvalue weighted by Crippen LogP contribution is -2.42. The Kier molecular flexibility index (Phi) is 9.34. The molecule has 2 saturated carbocycles. The van der Waals surface area contributed by atoms with Gasteiger partial charge in [0.05, 0.1) is 24.2 Å². The summed E-state index contributed by atoms with van der Waals surface area (Å²) in [6, 6.07) is 6.60. The quantitative estimate of drug-likeness (QED) is 0.273. The smallest absolute Gasteiger partial charge is 0.303 e. The van der Waals surface area contributed by atoms with E-state index in [-0.39, 0.29) is 35.7 Å². The van der Waals surface area contributed by atoms with Crippen LogP contribution in [0.3, 0.4) is 0 Å². The molecule has 0 radical (unpaired) electrons. The van der Waals surface area contributed by atoms with Gasteiger partial charge < -0.3 is 15.3 Å². The van der Waals surface area contributed by atoms with E-state index in [9.17, 15) is 20.3 Å². The predicted octanol–water partition coefficient (Wildman–Crippen LogP) is 5.33. The molecule has 0 bridgehead atoms. The Labute approximate surface area is 195 Å². The Morgan fingerprint density at radius 1 is 1.31 bits per heavy atom. The van der Waals surface area contributed by atoms with Crippen LogP contribution in [0.2, 0.25) is 0 Å². The number of hydrogen-bond donors (Lipinski definition) is 3. The summed E-state index contributed by atoms with van der Waals surface area (Å²) < 4.78 is 0. The lowest BCUT2D eigenvalue weighted by Gasteiger charge is -2.45. The van der Waals surface area contributed by atoms with Gasteiger partial charge in [-0.15, -0.1) is 11.3 Å². The summed E-state index contributed by atoms with van der Waals surface area (Å²) >= 11 is 1.76. The Hall–Kier alpha value is -1.68. The number of nitriles is 1. The maximum atomic E-state index is 11.0. The molecule has 1 heterocycles. The molecule has 0 amide bonds. The van der Waals surface area contributed by atoms with Gasteiger partial charge in [0.15, 0.2) is 0 Å². The second-order valence-corrected chi connectivity index (χ2v) is 10.8. The third kappa shape index (κ3) is 6.43. The molecule has 3 N–H and O–H groups in total. The van der Waals surface area contributed by atoms with E-state index in [0.29, 0.717) is 19.3 Å². The van der Waals surface area contributed by atoms with Gasteiger partial charge in [0.1, 0.15) is 0 Å². The first-order valence-corrected chi connectivity index (χ1v) is 13.0. The standard InChI is InChI=1S/C26H37NO4S/c27-18-19-16-23(28)22(21(19)9-3-1-2-4-12-25(30)31)10-5-11-24(29)26(13-7-14-26)17-20-8-6-15-32-20/h5-6,8,10,15,19,21-24,28-29H,1-4,7,9,11-14,16-17H2,(H,30,31)/b10-5+/t19-,21-,22+,23+,24?/m0/s1. The SMILES string of the molecule is N#C[C@@H]1C[C@@H](O)[C@H](/C=C/CC(O)C2(Cc3cccs3)CCC2)[C@H]1CCCCCCC(=O)O. The number of unbranched alkanes of at least 4 members (excludes halogenated alkanes) is 3. The topological polar surface area (TPSA) is 102 Å². The summed E-state index contributed by atoms with van der Waals surface area (Å²) in [7, 11) is 0. The van der Waals surface area contributed by atoms with Crippen LogP contribution in [0.4, 0.5) is 0 Å². The van der Waals surface area contributed by atoms with Gasteiger partial charge in [0.2, 0.25) is 0 Å². The number of thiophene rings is 1. The number of nitrogens with zero attached hydrogens (tertiary/aromatic N) is 1. The molecule has 176 valence electrons. The molecule has 5 nitrogen and oxygen atoms in total. The van der Waals surface area contributed by atoms with Crippen LogP contribution in [0, 0.1) is 34.5 Å². The first-order valence-electron chi connectivity index (χ1n) is 12.1. The van der Waals surface area contributed by atoms with Gasteiger partial charge >= 0.3 is 5.97 Å². The van der Waals surface area contributed by atoms with Crippen molar-refractivity contribution in [2.45, 2.75) is 89.3 Å². The molecule has 32 heavy (non-hydrogen) atoms. The van der Waals surface area contributed by atoms with Crippen LogP contribution in [0.1, 0.15) is 75.5 Å². The highest BCUT2D eigenvalue weighted by Crippen LogP contribution is 2.48. The molecular formula is C26H37NO4S. The largest absolute Gasteiger partial charge is 0.481 e. The fourth-order valence-electron chi connectivity index (χ4n) is 5.60. The number of carbonyl (C=O) groups is 1. The van der Waals surface area contributed by atoms with Crippen LogP contribution in [0.25, 0.3) is 0 Å².